The Bertz CT molecular complexity index is 529. The quantitative estimate of drug-likeness (QED) is 0.598. The van der Waals surface area contributed by atoms with E-state index in [0.717, 1.165) is 0 Å². The Kier molecular flexibility index (Phi) is 4.15. The molecule has 1 aliphatic heterocycles. The van der Waals surface area contributed by atoms with Gasteiger partial charge in [-0.25, -0.2) is 13.3 Å². The van der Waals surface area contributed by atoms with Crippen molar-refractivity contribution in [1.82, 2.24) is 10.0 Å². The minimum Gasteiger partial charge on any atom is -0.399 e. The molecule has 0 radical (unpaired) electrons. The van der Waals surface area contributed by atoms with Crippen molar-refractivity contribution in [2.75, 3.05) is 25.9 Å². The molecule has 3 atom stereocenters. The van der Waals surface area contributed by atoms with Crippen molar-refractivity contribution in [3.8, 4) is 0 Å². The van der Waals surface area contributed by atoms with E-state index < -0.39 is 27.1 Å². The second-order valence-corrected chi connectivity index (χ2v) is 7.06. The van der Waals surface area contributed by atoms with Crippen LogP contribution in [0.3, 0.4) is 0 Å². The normalized spacial score (nSPS) is 27.2. The SMILES string of the molecule is CNS(=O)[C@]1(C(C)(N)c2cc(N)ccc2F)CCNC1. The maximum Gasteiger partial charge on any atom is 0.128 e. The molecule has 20 heavy (non-hydrogen) atoms. The number of nitrogens with one attached hydrogen (secondary N) is 2. The molecule has 1 aliphatic rings. The highest BCUT2D eigenvalue weighted by Crippen LogP contribution is 2.40. The molecule has 0 aromatic heterocycles. The van der Waals surface area contributed by atoms with Gasteiger partial charge in [0, 0.05) is 17.8 Å². The molecule has 1 aromatic carbocycles. The molecule has 1 fully saturated rings. The third-order valence-electron chi connectivity index (χ3n) is 4.15. The maximum absolute atomic E-state index is 14.2. The zero-order chi connectivity index (χ0) is 15.0. The highest BCUT2D eigenvalue weighted by molar-refractivity contribution is 7.84. The van der Waals surface area contributed by atoms with Crippen LogP contribution in [-0.4, -0.2) is 29.1 Å². The first-order chi connectivity index (χ1) is 9.35. The molecule has 1 saturated heterocycles. The zero-order valence-electron chi connectivity index (χ0n) is 11.7. The zero-order valence-corrected chi connectivity index (χ0v) is 12.5. The summed E-state index contributed by atoms with van der Waals surface area (Å²) in [6.45, 7) is 2.87. The Morgan fingerprint density at radius 3 is 2.80 bits per heavy atom. The lowest BCUT2D eigenvalue weighted by atomic mass is 9.78. The van der Waals surface area contributed by atoms with Crippen molar-refractivity contribution in [3.63, 3.8) is 0 Å². The lowest BCUT2D eigenvalue weighted by Gasteiger charge is -2.42. The summed E-state index contributed by atoms with van der Waals surface area (Å²) in [5.74, 6) is -0.427. The smallest absolute Gasteiger partial charge is 0.128 e. The Morgan fingerprint density at radius 1 is 1.55 bits per heavy atom. The number of anilines is 1. The van der Waals surface area contributed by atoms with Crippen LogP contribution in [0.1, 0.15) is 18.9 Å². The third-order valence-corrected chi connectivity index (χ3v) is 6.01. The molecule has 112 valence electrons. The molecule has 0 amide bonds. The molecule has 6 N–H and O–H groups in total. The third kappa shape index (κ3) is 2.24. The fourth-order valence-electron chi connectivity index (χ4n) is 2.84. The molecule has 1 aromatic rings. The number of rotatable bonds is 4. The van der Waals surface area contributed by atoms with Gasteiger partial charge in [-0.05, 0) is 45.1 Å². The van der Waals surface area contributed by atoms with E-state index in [4.69, 9.17) is 11.5 Å². The monoisotopic (exact) mass is 300 g/mol. The number of nitrogen functional groups attached to an aromatic ring is 1. The molecule has 1 heterocycles. The Morgan fingerprint density at radius 2 is 2.25 bits per heavy atom. The molecule has 5 nitrogen and oxygen atoms in total. The number of benzene rings is 1. The molecule has 2 unspecified atom stereocenters. The summed E-state index contributed by atoms with van der Waals surface area (Å²) in [6.07, 6.45) is 0.599. The Hall–Kier alpha value is -1.02. The van der Waals surface area contributed by atoms with E-state index in [0.29, 0.717) is 30.8 Å². The highest BCUT2D eigenvalue weighted by Gasteiger charge is 2.54. The molecule has 0 bridgehead atoms. The van der Waals surface area contributed by atoms with Gasteiger partial charge in [0.05, 0.1) is 10.3 Å². The summed E-state index contributed by atoms with van der Waals surface area (Å²) >= 11 is 0. The summed E-state index contributed by atoms with van der Waals surface area (Å²) in [7, 11) is 0.222. The van der Waals surface area contributed by atoms with Crippen LogP contribution in [0.2, 0.25) is 0 Å². The molecule has 7 heteroatoms. The molecule has 2 rings (SSSR count). The van der Waals surface area contributed by atoms with E-state index in [9.17, 15) is 8.60 Å². The van der Waals surface area contributed by atoms with E-state index in [1.807, 2.05) is 0 Å². The molecular weight excluding hydrogens is 279 g/mol. The molecule has 0 saturated carbocycles. The average molecular weight is 300 g/mol. The van der Waals surface area contributed by atoms with Crippen LogP contribution in [0.4, 0.5) is 10.1 Å². The highest BCUT2D eigenvalue weighted by atomic mass is 32.2. The number of halogens is 1. The van der Waals surface area contributed by atoms with Crippen molar-refractivity contribution in [2.45, 2.75) is 23.6 Å². The van der Waals surface area contributed by atoms with E-state index in [1.165, 1.54) is 18.2 Å². The number of nitrogens with two attached hydrogens (primary N) is 2. The fourth-order valence-corrected chi connectivity index (χ4v) is 4.25. The maximum atomic E-state index is 14.2. The predicted octanol–water partition coefficient (Wildman–Crippen LogP) is 0.197. The van der Waals surface area contributed by atoms with Gasteiger partial charge in [-0.2, -0.15) is 0 Å². The number of hydrogen-bond donors (Lipinski definition) is 4. The van der Waals surface area contributed by atoms with Gasteiger partial charge in [0.1, 0.15) is 16.8 Å². The van der Waals surface area contributed by atoms with Crippen LogP contribution in [-0.2, 0) is 16.5 Å². The van der Waals surface area contributed by atoms with Gasteiger partial charge in [0.15, 0.2) is 0 Å². The van der Waals surface area contributed by atoms with Gasteiger partial charge in [0.25, 0.3) is 0 Å². The van der Waals surface area contributed by atoms with Gasteiger partial charge in [-0.15, -0.1) is 0 Å². The van der Waals surface area contributed by atoms with Crippen LogP contribution in [0.15, 0.2) is 18.2 Å². The van der Waals surface area contributed by atoms with E-state index >= 15 is 0 Å². The van der Waals surface area contributed by atoms with E-state index in [1.54, 1.807) is 14.0 Å². The van der Waals surface area contributed by atoms with Crippen LogP contribution in [0.25, 0.3) is 0 Å². The van der Waals surface area contributed by atoms with Crippen molar-refractivity contribution < 1.29 is 8.60 Å². The first-order valence-corrected chi connectivity index (χ1v) is 7.64. The summed E-state index contributed by atoms with van der Waals surface area (Å²) in [6, 6.07) is 4.32. The van der Waals surface area contributed by atoms with Crippen LogP contribution in [0, 0.1) is 5.82 Å². The molecule has 0 spiro atoms. The van der Waals surface area contributed by atoms with Crippen molar-refractivity contribution >= 4 is 16.7 Å². The van der Waals surface area contributed by atoms with Crippen LogP contribution >= 0.6 is 0 Å². The first-order valence-electron chi connectivity index (χ1n) is 6.49. The fraction of sp³-hybridized carbons (Fsp3) is 0.538. The Labute approximate surface area is 120 Å². The standard InChI is InChI=1S/C13H21FN4OS/c1-12(16,10-7-9(15)3-4-11(10)14)13(20(19)17-2)5-6-18-8-13/h3-4,7,17-18H,5-6,8,15-16H2,1-2H3/t12?,13-,20?/m1/s1. The Balaban J connectivity index is 2.56. The van der Waals surface area contributed by atoms with Crippen LogP contribution < -0.4 is 21.5 Å². The second-order valence-electron chi connectivity index (χ2n) is 5.34. The van der Waals surface area contributed by atoms with Gasteiger partial charge < -0.3 is 16.8 Å². The summed E-state index contributed by atoms with van der Waals surface area (Å²) in [5, 5.41) is 3.17. The van der Waals surface area contributed by atoms with E-state index in [-0.39, 0.29) is 0 Å². The topological polar surface area (TPSA) is 93.2 Å². The lowest BCUT2D eigenvalue weighted by Crippen LogP contribution is -2.62. The average Bonchev–Trinajstić information content (AvgIpc) is 2.91. The minimum atomic E-state index is -1.39. The van der Waals surface area contributed by atoms with Gasteiger partial charge in [0.2, 0.25) is 0 Å². The largest absolute Gasteiger partial charge is 0.399 e. The summed E-state index contributed by atoms with van der Waals surface area (Å²) in [5.41, 5.74) is 11.8. The van der Waals surface area contributed by atoms with Crippen molar-refractivity contribution in [3.05, 3.63) is 29.6 Å². The van der Waals surface area contributed by atoms with E-state index in [2.05, 4.69) is 10.0 Å². The van der Waals surface area contributed by atoms with Gasteiger partial charge >= 0.3 is 0 Å². The number of hydrogen-bond acceptors (Lipinski definition) is 4. The van der Waals surface area contributed by atoms with Gasteiger partial charge in [-0.1, -0.05) is 0 Å². The summed E-state index contributed by atoms with van der Waals surface area (Å²) in [4.78, 5) is 0. The van der Waals surface area contributed by atoms with Crippen molar-refractivity contribution in [2.24, 2.45) is 5.73 Å². The second kappa shape index (κ2) is 5.40. The van der Waals surface area contributed by atoms with Gasteiger partial charge in [-0.3, -0.25) is 0 Å². The van der Waals surface area contributed by atoms with Crippen molar-refractivity contribution in [1.29, 1.82) is 0 Å². The minimum absolute atomic E-state index is 0.296. The molecule has 0 aliphatic carbocycles. The molecular formula is C13H21FN4OS. The lowest BCUT2D eigenvalue weighted by molar-refractivity contribution is 0.339. The summed E-state index contributed by atoms with van der Waals surface area (Å²) < 4.78 is 28.6. The predicted molar refractivity (Wildman–Crippen MR) is 79.8 cm³/mol. The van der Waals surface area contributed by atoms with Crippen LogP contribution in [0.5, 0.6) is 0 Å². The first kappa shape index (κ1) is 15.4.